The predicted molar refractivity (Wildman–Crippen MR) is 103 cm³/mol. The standard InChI is InChI=1S/C19H25N3O3S/c1-2-8-20-17(23)12-22-15-11-14(6-7-16(15)26-13-18(22)24)19(25)21-9-4-3-5-10-21/h6-7,11H,2-5,8-10,12-13H2,1H3,(H,20,23). The summed E-state index contributed by atoms with van der Waals surface area (Å²) in [6.45, 7) is 4.14. The largest absolute Gasteiger partial charge is 0.355 e. The molecule has 0 bridgehead atoms. The van der Waals surface area contributed by atoms with Gasteiger partial charge in [0.2, 0.25) is 11.8 Å². The number of anilines is 1. The van der Waals surface area contributed by atoms with E-state index in [4.69, 9.17) is 0 Å². The Bertz CT molecular complexity index is 701. The molecule has 1 fully saturated rings. The molecular formula is C19H25N3O3S. The summed E-state index contributed by atoms with van der Waals surface area (Å²) in [4.78, 5) is 41.6. The minimum atomic E-state index is -0.175. The smallest absolute Gasteiger partial charge is 0.253 e. The van der Waals surface area contributed by atoms with Crippen LogP contribution in [0.15, 0.2) is 23.1 Å². The quantitative estimate of drug-likeness (QED) is 0.857. The molecule has 2 aliphatic rings. The minimum Gasteiger partial charge on any atom is -0.355 e. The van der Waals surface area contributed by atoms with Crippen molar-refractivity contribution in [3.8, 4) is 0 Å². The summed E-state index contributed by atoms with van der Waals surface area (Å²) >= 11 is 1.45. The van der Waals surface area contributed by atoms with Gasteiger partial charge >= 0.3 is 0 Å². The lowest BCUT2D eigenvalue weighted by atomic mass is 10.1. The molecule has 1 saturated heterocycles. The maximum Gasteiger partial charge on any atom is 0.253 e. The Labute approximate surface area is 158 Å². The van der Waals surface area contributed by atoms with Crippen molar-refractivity contribution in [1.82, 2.24) is 10.2 Å². The van der Waals surface area contributed by atoms with Gasteiger partial charge < -0.3 is 15.1 Å². The van der Waals surface area contributed by atoms with E-state index in [0.717, 1.165) is 37.2 Å². The van der Waals surface area contributed by atoms with Crippen LogP contribution in [0.3, 0.4) is 0 Å². The molecule has 1 aromatic rings. The summed E-state index contributed by atoms with van der Waals surface area (Å²) in [6.07, 6.45) is 4.09. The van der Waals surface area contributed by atoms with Crippen molar-refractivity contribution < 1.29 is 14.4 Å². The van der Waals surface area contributed by atoms with Gasteiger partial charge in [0.1, 0.15) is 6.54 Å². The first-order chi connectivity index (χ1) is 12.6. The van der Waals surface area contributed by atoms with E-state index in [9.17, 15) is 14.4 Å². The number of likely N-dealkylation sites (tertiary alicyclic amines) is 1. The highest BCUT2D eigenvalue weighted by molar-refractivity contribution is 8.00. The second-order valence-corrected chi connectivity index (χ2v) is 7.67. The van der Waals surface area contributed by atoms with Crippen molar-refractivity contribution in [2.75, 3.05) is 36.8 Å². The Kier molecular flexibility index (Phi) is 6.19. The highest BCUT2D eigenvalue weighted by Crippen LogP contribution is 2.36. The SMILES string of the molecule is CCCNC(=O)CN1C(=O)CSc2ccc(C(=O)N3CCCCC3)cc21. The molecule has 1 aromatic carbocycles. The second-order valence-electron chi connectivity index (χ2n) is 6.65. The van der Waals surface area contributed by atoms with E-state index in [-0.39, 0.29) is 24.3 Å². The third kappa shape index (κ3) is 4.20. The predicted octanol–water partition coefficient (Wildman–Crippen LogP) is 2.28. The summed E-state index contributed by atoms with van der Waals surface area (Å²) < 4.78 is 0. The zero-order valence-electron chi connectivity index (χ0n) is 15.1. The van der Waals surface area contributed by atoms with Crippen LogP contribution >= 0.6 is 11.8 Å². The third-order valence-corrected chi connectivity index (χ3v) is 5.71. The number of nitrogens with zero attached hydrogens (tertiary/aromatic N) is 2. The second kappa shape index (κ2) is 8.58. The van der Waals surface area contributed by atoms with Crippen molar-refractivity contribution in [3.63, 3.8) is 0 Å². The topological polar surface area (TPSA) is 69.7 Å². The van der Waals surface area contributed by atoms with Crippen LogP contribution in [0.1, 0.15) is 43.0 Å². The highest BCUT2D eigenvalue weighted by atomic mass is 32.2. The Balaban J connectivity index is 1.81. The number of amides is 3. The number of rotatable bonds is 5. The fourth-order valence-corrected chi connectivity index (χ4v) is 4.17. The molecule has 0 saturated carbocycles. The fraction of sp³-hybridized carbons (Fsp3) is 0.526. The van der Waals surface area contributed by atoms with Gasteiger partial charge in [-0.15, -0.1) is 11.8 Å². The van der Waals surface area contributed by atoms with E-state index in [2.05, 4.69) is 5.32 Å². The lowest BCUT2D eigenvalue weighted by molar-refractivity contribution is -0.122. The van der Waals surface area contributed by atoms with Crippen LogP contribution in [0.4, 0.5) is 5.69 Å². The Hall–Kier alpha value is -2.02. The molecule has 0 aromatic heterocycles. The first kappa shape index (κ1) is 18.8. The number of nitrogens with one attached hydrogen (secondary N) is 1. The molecule has 7 heteroatoms. The summed E-state index contributed by atoms with van der Waals surface area (Å²) in [5, 5.41) is 2.81. The molecule has 1 N–H and O–H groups in total. The zero-order valence-corrected chi connectivity index (χ0v) is 15.9. The molecular weight excluding hydrogens is 350 g/mol. The van der Waals surface area contributed by atoms with Gasteiger partial charge in [0.05, 0.1) is 11.4 Å². The van der Waals surface area contributed by atoms with Crippen LogP contribution in [-0.4, -0.2) is 54.6 Å². The monoisotopic (exact) mass is 375 g/mol. The molecule has 6 nitrogen and oxygen atoms in total. The number of carbonyl (C=O) groups excluding carboxylic acids is 3. The number of hydrogen-bond donors (Lipinski definition) is 1. The maximum atomic E-state index is 12.8. The van der Waals surface area contributed by atoms with Crippen molar-refractivity contribution in [2.45, 2.75) is 37.5 Å². The molecule has 0 radical (unpaired) electrons. The van der Waals surface area contributed by atoms with Crippen LogP contribution < -0.4 is 10.2 Å². The lowest BCUT2D eigenvalue weighted by Gasteiger charge is -2.30. The normalized spacial score (nSPS) is 17.0. The maximum absolute atomic E-state index is 12.8. The van der Waals surface area contributed by atoms with E-state index < -0.39 is 0 Å². The van der Waals surface area contributed by atoms with Crippen LogP contribution in [0.25, 0.3) is 0 Å². The Morgan fingerprint density at radius 1 is 1.19 bits per heavy atom. The summed E-state index contributed by atoms with van der Waals surface area (Å²) in [7, 11) is 0. The Morgan fingerprint density at radius 2 is 1.96 bits per heavy atom. The van der Waals surface area contributed by atoms with Gasteiger partial charge in [-0.05, 0) is 43.9 Å². The number of benzene rings is 1. The average molecular weight is 375 g/mol. The summed E-state index contributed by atoms with van der Waals surface area (Å²) in [5.74, 6) is 0.0430. The highest BCUT2D eigenvalue weighted by Gasteiger charge is 2.28. The van der Waals surface area contributed by atoms with Crippen LogP contribution in [-0.2, 0) is 9.59 Å². The number of fused-ring (bicyclic) bond motifs is 1. The molecule has 3 rings (SSSR count). The van der Waals surface area contributed by atoms with Gasteiger partial charge in [-0.25, -0.2) is 0 Å². The number of piperidine rings is 1. The van der Waals surface area contributed by atoms with Crippen molar-refractivity contribution in [1.29, 1.82) is 0 Å². The van der Waals surface area contributed by atoms with E-state index in [1.807, 2.05) is 24.0 Å². The van der Waals surface area contributed by atoms with E-state index >= 15 is 0 Å². The lowest BCUT2D eigenvalue weighted by Crippen LogP contribution is -2.43. The number of carbonyl (C=O) groups is 3. The number of hydrogen-bond acceptors (Lipinski definition) is 4. The summed E-state index contributed by atoms with van der Waals surface area (Å²) in [5.41, 5.74) is 1.25. The van der Waals surface area contributed by atoms with Gasteiger partial charge in [-0.3, -0.25) is 14.4 Å². The first-order valence-electron chi connectivity index (χ1n) is 9.23. The number of thioether (sulfide) groups is 1. The molecule has 26 heavy (non-hydrogen) atoms. The Morgan fingerprint density at radius 3 is 2.69 bits per heavy atom. The van der Waals surface area contributed by atoms with Gasteiger partial charge in [-0.2, -0.15) is 0 Å². The van der Waals surface area contributed by atoms with Crippen molar-refractivity contribution in [2.24, 2.45) is 0 Å². The van der Waals surface area contributed by atoms with Gasteiger partial charge in [0.25, 0.3) is 5.91 Å². The molecule has 0 unspecified atom stereocenters. The molecule has 0 spiro atoms. The fourth-order valence-electron chi connectivity index (χ4n) is 3.25. The van der Waals surface area contributed by atoms with Gasteiger partial charge in [0.15, 0.2) is 0 Å². The molecule has 3 amide bonds. The van der Waals surface area contributed by atoms with Gasteiger partial charge in [0, 0.05) is 30.1 Å². The van der Waals surface area contributed by atoms with Crippen molar-refractivity contribution in [3.05, 3.63) is 23.8 Å². The van der Waals surface area contributed by atoms with Crippen LogP contribution in [0, 0.1) is 0 Å². The van der Waals surface area contributed by atoms with Crippen LogP contribution in [0.5, 0.6) is 0 Å². The molecule has 0 aliphatic carbocycles. The molecule has 140 valence electrons. The van der Waals surface area contributed by atoms with E-state index in [1.165, 1.54) is 23.1 Å². The van der Waals surface area contributed by atoms with Crippen LogP contribution in [0.2, 0.25) is 0 Å². The van der Waals surface area contributed by atoms with Crippen molar-refractivity contribution >= 4 is 35.2 Å². The minimum absolute atomic E-state index is 0.00547. The van der Waals surface area contributed by atoms with E-state index in [0.29, 0.717) is 23.5 Å². The first-order valence-corrected chi connectivity index (χ1v) is 10.2. The molecule has 0 atom stereocenters. The molecule has 2 aliphatic heterocycles. The third-order valence-electron chi connectivity index (χ3n) is 4.67. The summed E-state index contributed by atoms with van der Waals surface area (Å²) in [6, 6.07) is 5.48. The van der Waals surface area contributed by atoms with E-state index in [1.54, 1.807) is 6.07 Å². The molecule has 2 heterocycles. The zero-order chi connectivity index (χ0) is 18.5. The average Bonchev–Trinajstić information content (AvgIpc) is 2.68. The van der Waals surface area contributed by atoms with Gasteiger partial charge in [-0.1, -0.05) is 6.92 Å².